The zero-order chi connectivity index (χ0) is 12.3. The fourth-order valence-corrected chi connectivity index (χ4v) is 2.55. The number of aliphatic carboxylic acids is 1. The Morgan fingerprint density at radius 2 is 2.29 bits per heavy atom. The molecule has 4 nitrogen and oxygen atoms in total. The Kier molecular flexibility index (Phi) is 3.71. The van der Waals surface area contributed by atoms with Crippen LogP contribution in [0.3, 0.4) is 0 Å². The number of carboxylic acids is 1. The van der Waals surface area contributed by atoms with Crippen molar-refractivity contribution in [2.75, 3.05) is 13.7 Å². The second-order valence-electron chi connectivity index (χ2n) is 3.62. The quantitative estimate of drug-likeness (QED) is 0.801. The van der Waals surface area contributed by atoms with Crippen molar-refractivity contribution in [3.63, 3.8) is 0 Å². The third kappa shape index (κ3) is 2.81. The summed E-state index contributed by atoms with van der Waals surface area (Å²) in [6.45, 7) is 0.190. The van der Waals surface area contributed by atoms with Crippen LogP contribution >= 0.6 is 11.8 Å². The summed E-state index contributed by atoms with van der Waals surface area (Å²) >= 11 is 1.27. The maximum absolute atomic E-state index is 11.0. The number of ether oxygens (including phenoxy) is 1. The molecule has 1 unspecified atom stereocenters. The lowest BCUT2D eigenvalue weighted by Crippen LogP contribution is -2.21. The lowest BCUT2D eigenvalue weighted by molar-refractivity contribution is -0.137. The number of para-hydroxylation sites is 1. The molecule has 90 valence electrons. The number of methoxy groups -OCH3 is 1. The number of carbonyl (C=O) groups is 1. The highest BCUT2D eigenvalue weighted by Gasteiger charge is 2.19. The van der Waals surface area contributed by atoms with Crippen LogP contribution in [0.4, 0.5) is 0 Å². The van der Waals surface area contributed by atoms with Crippen LogP contribution in [0, 0.1) is 0 Å². The Balaban J connectivity index is 2.19. The van der Waals surface area contributed by atoms with Crippen LogP contribution in [0.2, 0.25) is 0 Å². The molecule has 1 heterocycles. The Hall–Kier alpha value is -1.46. The maximum Gasteiger partial charge on any atom is 0.319 e. The molecule has 17 heavy (non-hydrogen) atoms. The molecule has 0 aliphatic carbocycles. The maximum atomic E-state index is 11.0. The predicted octanol–water partition coefficient (Wildman–Crippen LogP) is 2.36. The number of hydrogen-bond acceptors (Lipinski definition) is 3. The second-order valence-corrected chi connectivity index (χ2v) is 4.87. The predicted molar refractivity (Wildman–Crippen MR) is 67.5 cm³/mol. The Morgan fingerprint density at radius 1 is 1.53 bits per heavy atom. The molecule has 0 spiro atoms. The van der Waals surface area contributed by atoms with E-state index in [1.165, 1.54) is 18.9 Å². The number of hydrogen-bond donors (Lipinski definition) is 2. The Morgan fingerprint density at radius 3 is 2.94 bits per heavy atom. The molecule has 0 bridgehead atoms. The molecule has 5 heteroatoms. The molecule has 0 saturated carbocycles. The van der Waals surface area contributed by atoms with Crippen molar-refractivity contribution in [3.8, 4) is 0 Å². The molecule has 0 radical (unpaired) electrons. The molecule has 2 N–H and O–H groups in total. The van der Waals surface area contributed by atoms with Gasteiger partial charge in [-0.25, -0.2) is 0 Å². The van der Waals surface area contributed by atoms with E-state index in [2.05, 4.69) is 4.98 Å². The number of rotatable bonds is 5. The molecule has 0 aliphatic rings. The number of aromatic nitrogens is 1. The zero-order valence-electron chi connectivity index (χ0n) is 9.34. The van der Waals surface area contributed by atoms with Gasteiger partial charge in [0.15, 0.2) is 0 Å². The Labute approximate surface area is 103 Å². The van der Waals surface area contributed by atoms with Gasteiger partial charge < -0.3 is 14.8 Å². The van der Waals surface area contributed by atoms with Gasteiger partial charge in [-0.2, -0.15) is 0 Å². The lowest BCUT2D eigenvalue weighted by Gasteiger charge is -2.08. The number of benzene rings is 1. The van der Waals surface area contributed by atoms with Crippen molar-refractivity contribution < 1.29 is 14.6 Å². The van der Waals surface area contributed by atoms with E-state index in [4.69, 9.17) is 9.84 Å². The minimum Gasteiger partial charge on any atom is -0.480 e. The average Bonchev–Trinajstić information content (AvgIpc) is 2.70. The summed E-state index contributed by atoms with van der Waals surface area (Å²) in [6.07, 6.45) is 0. The minimum atomic E-state index is -0.865. The fraction of sp³-hybridized carbons (Fsp3) is 0.250. The molecule has 0 amide bonds. The summed E-state index contributed by atoms with van der Waals surface area (Å²) in [5.74, 6) is -0.865. The molecule has 0 aliphatic heterocycles. The zero-order valence-corrected chi connectivity index (χ0v) is 10.2. The van der Waals surface area contributed by atoms with Gasteiger partial charge in [0.2, 0.25) is 0 Å². The topological polar surface area (TPSA) is 62.3 Å². The highest BCUT2D eigenvalue weighted by Crippen LogP contribution is 2.26. The van der Waals surface area contributed by atoms with E-state index < -0.39 is 11.2 Å². The summed E-state index contributed by atoms with van der Waals surface area (Å²) < 4.78 is 4.90. The molecule has 1 atom stereocenters. The van der Waals surface area contributed by atoms with Crippen molar-refractivity contribution in [3.05, 3.63) is 30.3 Å². The molecule has 2 rings (SSSR count). The number of fused-ring (bicyclic) bond motifs is 1. The van der Waals surface area contributed by atoms with E-state index in [0.29, 0.717) is 0 Å². The molecular weight excluding hydrogens is 238 g/mol. The van der Waals surface area contributed by atoms with Gasteiger partial charge in [-0.05, 0) is 12.1 Å². The van der Waals surface area contributed by atoms with Crippen molar-refractivity contribution in [1.82, 2.24) is 4.98 Å². The van der Waals surface area contributed by atoms with Crippen LogP contribution in [-0.2, 0) is 9.53 Å². The van der Waals surface area contributed by atoms with Crippen molar-refractivity contribution in [1.29, 1.82) is 0 Å². The summed E-state index contributed by atoms with van der Waals surface area (Å²) in [5, 5.41) is 10.4. The van der Waals surface area contributed by atoms with Crippen LogP contribution in [0.5, 0.6) is 0 Å². The van der Waals surface area contributed by atoms with Gasteiger partial charge in [0, 0.05) is 18.0 Å². The van der Waals surface area contributed by atoms with Crippen LogP contribution < -0.4 is 0 Å². The minimum absolute atomic E-state index is 0.190. The van der Waals surface area contributed by atoms with Crippen LogP contribution in [0.25, 0.3) is 10.9 Å². The van der Waals surface area contributed by atoms with E-state index in [0.717, 1.165) is 15.9 Å². The highest BCUT2D eigenvalue weighted by atomic mass is 32.2. The fourth-order valence-electron chi connectivity index (χ4n) is 1.57. The van der Waals surface area contributed by atoms with Crippen LogP contribution in [0.1, 0.15) is 0 Å². The smallest absolute Gasteiger partial charge is 0.319 e. The summed E-state index contributed by atoms with van der Waals surface area (Å²) in [6, 6.07) is 9.80. The molecule has 2 aromatic rings. The largest absolute Gasteiger partial charge is 0.480 e. The molecule has 0 fully saturated rings. The van der Waals surface area contributed by atoms with Gasteiger partial charge in [0.05, 0.1) is 11.6 Å². The highest BCUT2D eigenvalue weighted by molar-refractivity contribution is 8.00. The SMILES string of the molecule is COCC(Sc1cc2ccccc2[nH]1)C(=O)O. The number of H-pyrrole nitrogens is 1. The van der Waals surface area contributed by atoms with E-state index >= 15 is 0 Å². The first-order chi connectivity index (χ1) is 8.20. The monoisotopic (exact) mass is 251 g/mol. The number of carboxylic acid groups (broad SMARTS) is 1. The van der Waals surface area contributed by atoms with E-state index in [1.807, 2.05) is 30.3 Å². The van der Waals surface area contributed by atoms with Gasteiger partial charge in [-0.1, -0.05) is 30.0 Å². The van der Waals surface area contributed by atoms with Gasteiger partial charge in [0.25, 0.3) is 0 Å². The van der Waals surface area contributed by atoms with E-state index in [9.17, 15) is 4.79 Å². The lowest BCUT2D eigenvalue weighted by atomic mass is 10.3. The summed E-state index contributed by atoms with van der Waals surface area (Å²) in [5.41, 5.74) is 1.01. The standard InChI is InChI=1S/C12H13NO3S/c1-16-7-10(12(14)15)17-11-6-8-4-2-3-5-9(8)13-11/h2-6,10,13H,7H2,1H3,(H,14,15). The number of thioether (sulfide) groups is 1. The number of nitrogens with one attached hydrogen (secondary N) is 1. The van der Waals surface area contributed by atoms with Crippen molar-refractivity contribution >= 4 is 28.6 Å². The normalized spacial score (nSPS) is 12.8. The van der Waals surface area contributed by atoms with Gasteiger partial charge in [-0.15, -0.1) is 0 Å². The van der Waals surface area contributed by atoms with Crippen molar-refractivity contribution in [2.45, 2.75) is 10.3 Å². The van der Waals surface area contributed by atoms with Gasteiger partial charge >= 0.3 is 5.97 Å². The third-order valence-corrected chi connectivity index (χ3v) is 3.46. The van der Waals surface area contributed by atoms with Crippen molar-refractivity contribution in [2.24, 2.45) is 0 Å². The molecule has 1 aromatic carbocycles. The average molecular weight is 251 g/mol. The van der Waals surface area contributed by atoms with Gasteiger partial charge in [0.1, 0.15) is 5.25 Å². The first-order valence-electron chi connectivity index (χ1n) is 5.17. The summed E-state index contributed by atoms with van der Waals surface area (Å²) in [4.78, 5) is 14.2. The molecule has 0 saturated heterocycles. The first-order valence-corrected chi connectivity index (χ1v) is 6.05. The second kappa shape index (κ2) is 5.25. The number of aromatic amines is 1. The van der Waals surface area contributed by atoms with Crippen LogP contribution in [-0.4, -0.2) is 35.0 Å². The third-order valence-electron chi connectivity index (χ3n) is 2.37. The molecular formula is C12H13NO3S. The summed E-state index contributed by atoms with van der Waals surface area (Å²) in [7, 11) is 1.50. The Bertz CT molecular complexity index is 490. The van der Waals surface area contributed by atoms with Crippen LogP contribution in [0.15, 0.2) is 35.4 Å². The van der Waals surface area contributed by atoms with E-state index in [1.54, 1.807) is 0 Å². The van der Waals surface area contributed by atoms with E-state index in [-0.39, 0.29) is 6.61 Å². The molecule has 1 aromatic heterocycles. The van der Waals surface area contributed by atoms with Gasteiger partial charge in [-0.3, -0.25) is 4.79 Å². The first kappa shape index (κ1) is 12.0.